The lowest BCUT2D eigenvalue weighted by molar-refractivity contribution is 0.236. The van der Waals surface area contributed by atoms with Crippen LogP contribution in [0, 0.1) is 11.6 Å². The van der Waals surface area contributed by atoms with Gasteiger partial charge in [-0.05, 0) is 50.9 Å². The van der Waals surface area contributed by atoms with Crippen molar-refractivity contribution in [2.75, 3.05) is 44.7 Å². The zero-order valence-corrected chi connectivity index (χ0v) is 16.3. The van der Waals surface area contributed by atoms with Gasteiger partial charge < -0.3 is 15.5 Å². The summed E-state index contributed by atoms with van der Waals surface area (Å²) in [5.74, 6) is -0.252. The Morgan fingerprint density at radius 1 is 1.22 bits per heavy atom. The topological polar surface area (TPSA) is 42.9 Å². The molecular formula is C20H31F2N5. The highest BCUT2D eigenvalue weighted by molar-refractivity contribution is 5.80. The summed E-state index contributed by atoms with van der Waals surface area (Å²) < 4.78 is 28.0. The van der Waals surface area contributed by atoms with Gasteiger partial charge in [0.15, 0.2) is 5.96 Å². The maximum absolute atomic E-state index is 14.0. The number of benzene rings is 1. The zero-order chi connectivity index (χ0) is 19.2. The van der Waals surface area contributed by atoms with Crippen LogP contribution in [0.5, 0.6) is 0 Å². The van der Waals surface area contributed by atoms with Gasteiger partial charge >= 0.3 is 0 Å². The van der Waals surface area contributed by atoms with Gasteiger partial charge in [-0.2, -0.15) is 0 Å². The van der Waals surface area contributed by atoms with E-state index in [0.717, 1.165) is 25.3 Å². The maximum atomic E-state index is 14.0. The average molecular weight is 379 g/mol. The van der Waals surface area contributed by atoms with E-state index in [-0.39, 0.29) is 11.7 Å². The van der Waals surface area contributed by atoms with Gasteiger partial charge in [0, 0.05) is 38.8 Å². The van der Waals surface area contributed by atoms with E-state index >= 15 is 0 Å². The molecule has 27 heavy (non-hydrogen) atoms. The van der Waals surface area contributed by atoms with Crippen LogP contribution in [0.3, 0.4) is 0 Å². The first-order chi connectivity index (χ1) is 13.1. The third-order valence-electron chi connectivity index (χ3n) is 5.64. The van der Waals surface area contributed by atoms with Crippen molar-refractivity contribution in [3.05, 3.63) is 29.8 Å². The molecule has 2 atom stereocenters. The van der Waals surface area contributed by atoms with Gasteiger partial charge in [-0.15, -0.1) is 0 Å². The fourth-order valence-electron chi connectivity index (χ4n) is 4.11. The summed E-state index contributed by atoms with van der Waals surface area (Å²) in [6.07, 6.45) is 4.49. The molecule has 2 saturated heterocycles. The van der Waals surface area contributed by atoms with E-state index in [2.05, 4.69) is 27.4 Å². The number of aliphatic imine (C=N–C) groups is 1. The number of guanidine groups is 1. The van der Waals surface area contributed by atoms with Crippen LogP contribution in [0.25, 0.3) is 0 Å². The Morgan fingerprint density at radius 2 is 1.93 bits per heavy atom. The first-order valence-electron chi connectivity index (χ1n) is 10.0. The number of hydrogen-bond acceptors (Lipinski definition) is 3. The molecule has 2 unspecified atom stereocenters. The predicted octanol–water partition coefficient (Wildman–Crippen LogP) is 2.58. The van der Waals surface area contributed by atoms with E-state index in [1.54, 1.807) is 11.9 Å². The van der Waals surface area contributed by atoms with E-state index in [9.17, 15) is 8.78 Å². The number of para-hydroxylation sites is 1. The second-order valence-electron chi connectivity index (χ2n) is 7.40. The summed E-state index contributed by atoms with van der Waals surface area (Å²) in [6.45, 7) is 6.61. The summed E-state index contributed by atoms with van der Waals surface area (Å²) in [7, 11) is 1.76. The molecule has 5 nitrogen and oxygen atoms in total. The van der Waals surface area contributed by atoms with Crippen molar-refractivity contribution in [1.82, 2.24) is 15.5 Å². The smallest absolute Gasteiger partial charge is 0.191 e. The van der Waals surface area contributed by atoms with E-state index in [1.165, 1.54) is 44.1 Å². The molecule has 2 N–H and O–H groups in total. The van der Waals surface area contributed by atoms with Crippen LogP contribution in [-0.2, 0) is 0 Å². The summed E-state index contributed by atoms with van der Waals surface area (Å²) in [4.78, 5) is 8.64. The van der Waals surface area contributed by atoms with Gasteiger partial charge in [0.1, 0.15) is 17.3 Å². The van der Waals surface area contributed by atoms with E-state index in [4.69, 9.17) is 0 Å². The van der Waals surface area contributed by atoms with Gasteiger partial charge in [0.05, 0.1) is 0 Å². The minimum Gasteiger partial charge on any atom is -0.365 e. The summed E-state index contributed by atoms with van der Waals surface area (Å²) in [5, 5.41) is 6.84. The number of anilines is 1. The van der Waals surface area contributed by atoms with Gasteiger partial charge in [0.25, 0.3) is 0 Å². The largest absolute Gasteiger partial charge is 0.365 e. The fraction of sp³-hybridized carbons (Fsp3) is 0.650. The number of likely N-dealkylation sites (tertiary alicyclic amines) is 1. The van der Waals surface area contributed by atoms with Gasteiger partial charge in [-0.25, -0.2) is 8.78 Å². The minimum absolute atomic E-state index is 0.0739. The molecule has 0 aliphatic carbocycles. The number of nitrogens with one attached hydrogen (secondary N) is 2. The van der Waals surface area contributed by atoms with Crippen molar-refractivity contribution in [3.63, 3.8) is 0 Å². The van der Waals surface area contributed by atoms with Crippen LogP contribution < -0.4 is 15.5 Å². The van der Waals surface area contributed by atoms with E-state index < -0.39 is 11.6 Å². The molecule has 2 aliphatic heterocycles. The lowest BCUT2D eigenvalue weighted by Gasteiger charge is -2.28. The lowest BCUT2D eigenvalue weighted by atomic mass is 10.2. The Balaban J connectivity index is 1.52. The number of halogens is 2. The Bertz CT molecular complexity index is 625. The second kappa shape index (κ2) is 9.35. The normalized spacial score (nSPS) is 22.3. The highest BCUT2D eigenvalue weighted by Gasteiger charge is 2.27. The van der Waals surface area contributed by atoms with Crippen molar-refractivity contribution in [2.45, 2.75) is 44.7 Å². The Hall–Kier alpha value is -1.89. The molecule has 1 aromatic rings. The average Bonchev–Trinajstić information content (AvgIpc) is 3.33. The maximum Gasteiger partial charge on any atom is 0.191 e. The molecule has 2 aliphatic rings. The standard InChI is InChI=1S/C20H31F2N5/c1-3-16(26-10-4-5-11-26)13-24-20(23-2)25-15-9-12-27(14-15)19-17(21)7-6-8-18(19)22/h6-8,15-16H,3-5,9-14H2,1-2H3,(H2,23,24,25). The first-order valence-corrected chi connectivity index (χ1v) is 10.0. The molecule has 1 aromatic carbocycles. The third kappa shape index (κ3) is 4.89. The number of nitrogens with zero attached hydrogens (tertiary/aromatic N) is 3. The first kappa shape index (κ1) is 19.9. The van der Waals surface area contributed by atoms with Crippen molar-refractivity contribution < 1.29 is 8.78 Å². The molecule has 0 radical (unpaired) electrons. The van der Waals surface area contributed by atoms with Crippen LogP contribution in [0.1, 0.15) is 32.6 Å². The molecule has 3 rings (SSSR count). The molecule has 0 amide bonds. The van der Waals surface area contributed by atoms with E-state index in [0.29, 0.717) is 19.1 Å². The predicted molar refractivity (Wildman–Crippen MR) is 106 cm³/mol. The van der Waals surface area contributed by atoms with Crippen molar-refractivity contribution in [2.24, 2.45) is 4.99 Å². The molecule has 2 heterocycles. The van der Waals surface area contributed by atoms with Crippen molar-refractivity contribution in [1.29, 1.82) is 0 Å². The van der Waals surface area contributed by atoms with Gasteiger partial charge in [-0.1, -0.05) is 13.0 Å². The zero-order valence-electron chi connectivity index (χ0n) is 16.3. The summed E-state index contributed by atoms with van der Waals surface area (Å²) >= 11 is 0. The highest BCUT2D eigenvalue weighted by atomic mass is 19.1. The lowest BCUT2D eigenvalue weighted by Crippen LogP contribution is -2.49. The van der Waals surface area contributed by atoms with Gasteiger partial charge in [-0.3, -0.25) is 9.89 Å². The Labute approximate surface area is 160 Å². The molecule has 0 bridgehead atoms. The summed E-state index contributed by atoms with van der Waals surface area (Å²) in [6, 6.07) is 4.64. The van der Waals surface area contributed by atoms with E-state index in [1.807, 2.05) is 0 Å². The molecule has 7 heteroatoms. The van der Waals surface area contributed by atoms with Crippen LogP contribution in [0.15, 0.2) is 23.2 Å². The van der Waals surface area contributed by atoms with Crippen LogP contribution >= 0.6 is 0 Å². The number of rotatable bonds is 6. The summed E-state index contributed by atoms with van der Waals surface area (Å²) in [5.41, 5.74) is 0.0739. The van der Waals surface area contributed by atoms with Crippen molar-refractivity contribution >= 4 is 11.6 Å². The highest BCUT2D eigenvalue weighted by Crippen LogP contribution is 2.26. The third-order valence-corrected chi connectivity index (χ3v) is 5.64. The number of hydrogen-bond donors (Lipinski definition) is 2. The quantitative estimate of drug-likeness (QED) is 0.589. The van der Waals surface area contributed by atoms with Crippen LogP contribution in [0.4, 0.5) is 14.5 Å². The molecule has 0 aromatic heterocycles. The Morgan fingerprint density at radius 3 is 2.56 bits per heavy atom. The fourth-order valence-corrected chi connectivity index (χ4v) is 4.11. The van der Waals surface area contributed by atoms with Crippen molar-refractivity contribution in [3.8, 4) is 0 Å². The van der Waals surface area contributed by atoms with Crippen LogP contribution in [-0.4, -0.2) is 62.7 Å². The Kier molecular flexibility index (Phi) is 6.88. The monoisotopic (exact) mass is 379 g/mol. The molecular weight excluding hydrogens is 348 g/mol. The molecule has 2 fully saturated rings. The molecule has 150 valence electrons. The second-order valence-corrected chi connectivity index (χ2v) is 7.40. The van der Waals surface area contributed by atoms with Gasteiger partial charge in [0.2, 0.25) is 0 Å². The van der Waals surface area contributed by atoms with Crippen LogP contribution in [0.2, 0.25) is 0 Å². The molecule has 0 saturated carbocycles. The SMILES string of the molecule is CCC(CNC(=NC)NC1CCN(c2c(F)cccc2F)C1)N1CCCC1. The minimum atomic E-state index is -0.505. The molecule has 0 spiro atoms.